The largest absolute Gasteiger partial charge is 0.365 e. The number of thioether (sulfide) groups is 1. The van der Waals surface area contributed by atoms with E-state index in [9.17, 15) is 9.59 Å². The van der Waals surface area contributed by atoms with Crippen LogP contribution in [0.1, 0.15) is 0 Å². The summed E-state index contributed by atoms with van der Waals surface area (Å²) in [5.41, 5.74) is 0.842. The van der Waals surface area contributed by atoms with Gasteiger partial charge in [0.25, 0.3) is 11.1 Å². The normalized spacial score (nSPS) is 19.4. The van der Waals surface area contributed by atoms with Gasteiger partial charge in [-0.15, -0.1) is 0 Å². The molecule has 1 heterocycles. The third kappa shape index (κ3) is 3.18. The SMILES string of the molecule is O=C1SC(Nc2ccc(I)cc2)C(=O)N1CCBr. The van der Waals surface area contributed by atoms with E-state index in [0.29, 0.717) is 11.9 Å². The number of anilines is 1. The molecule has 18 heavy (non-hydrogen) atoms. The Morgan fingerprint density at radius 3 is 2.61 bits per heavy atom. The lowest BCUT2D eigenvalue weighted by molar-refractivity contribution is -0.125. The lowest BCUT2D eigenvalue weighted by atomic mass is 10.3. The van der Waals surface area contributed by atoms with Crippen molar-refractivity contribution in [2.24, 2.45) is 0 Å². The molecular weight excluding hydrogens is 431 g/mol. The first-order valence-corrected chi connectivity index (χ1v) is 8.30. The van der Waals surface area contributed by atoms with Crippen LogP contribution in [0.3, 0.4) is 0 Å². The number of halogens is 2. The number of hydrogen-bond acceptors (Lipinski definition) is 4. The van der Waals surface area contributed by atoms with Crippen LogP contribution in [-0.2, 0) is 4.79 Å². The van der Waals surface area contributed by atoms with Gasteiger partial charge in [0.1, 0.15) is 0 Å². The van der Waals surface area contributed by atoms with Crippen molar-refractivity contribution in [2.75, 3.05) is 17.2 Å². The van der Waals surface area contributed by atoms with Gasteiger partial charge in [-0.25, -0.2) is 0 Å². The predicted molar refractivity (Wildman–Crippen MR) is 85.1 cm³/mol. The molecule has 2 amide bonds. The summed E-state index contributed by atoms with van der Waals surface area (Å²) in [6, 6.07) is 7.69. The molecule has 1 saturated heterocycles. The van der Waals surface area contributed by atoms with Crippen molar-refractivity contribution in [3.63, 3.8) is 0 Å². The van der Waals surface area contributed by atoms with Crippen LogP contribution < -0.4 is 5.32 Å². The minimum Gasteiger partial charge on any atom is -0.365 e. The number of nitrogens with zero attached hydrogens (tertiary/aromatic N) is 1. The van der Waals surface area contributed by atoms with E-state index in [0.717, 1.165) is 21.0 Å². The van der Waals surface area contributed by atoms with Crippen molar-refractivity contribution in [2.45, 2.75) is 5.37 Å². The molecule has 0 saturated carbocycles. The van der Waals surface area contributed by atoms with Crippen LogP contribution in [0.25, 0.3) is 0 Å². The molecule has 2 rings (SSSR count). The maximum Gasteiger partial charge on any atom is 0.290 e. The number of hydrogen-bond donors (Lipinski definition) is 1. The highest BCUT2D eigenvalue weighted by Crippen LogP contribution is 2.28. The molecule has 1 aliphatic rings. The average molecular weight is 441 g/mol. The molecule has 1 aliphatic heterocycles. The number of nitrogens with one attached hydrogen (secondary N) is 1. The number of alkyl halides is 1. The minimum absolute atomic E-state index is 0.178. The van der Waals surface area contributed by atoms with Gasteiger partial charge < -0.3 is 5.32 Å². The van der Waals surface area contributed by atoms with Crippen LogP contribution in [0.15, 0.2) is 24.3 Å². The number of rotatable bonds is 4. The van der Waals surface area contributed by atoms with Gasteiger partial charge in [0.05, 0.1) is 0 Å². The standard InChI is InChI=1S/C11H10BrIN2O2S/c12-5-6-15-10(16)9(18-11(15)17)14-8-3-1-7(13)2-4-8/h1-4,9,14H,5-6H2. The molecule has 1 N–H and O–H groups in total. The number of benzene rings is 1. The van der Waals surface area contributed by atoms with Crippen LogP contribution in [0.2, 0.25) is 0 Å². The summed E-state index contributed by atoms with van der Waals surface area (Å²) < 4.78 is 1.13. The summed E-state index contributed by atoms with van der Waals surface area (Å²) in [6.07, 6.45) is 0. The highest BCUT2D eigenvalue weighted by atomic mass is 127. The Kier molecular flexibility index (Phi) is 4.91. The molecule has 0 aliphatic carbocycles. The topological polar surface area (TPSA) is 49.4 Å². The van der Waals surface area contributed by atoms with E-state index in [-0.39, 0.29) is 11.1 Å². The van der Waals surface area contributed by atoms with Crippen LogP contribution >= 0.6 is 50.3 Å². The number of amides is 2. The van der Waals surface area contributed by atoms with Gasteiger partial charge in [0, 0.05) is 21.1 Å². The zero-order valence-electron chi connectivity index (χ0n) is 9.23. The Bertz CT molecular complexity index is 469. The molecule has 0 aromatic heterocycles. The third-order valence-corrected chi connectivity index (χ3v) is 4.43. The molecule has 96 valence electrons. The summed E-state index contributed by atoms with van der Waals surface area (Å²) in [5, 5.41) is 2.96. The second kappa shape index (κ2) is 6.25. The van der Waals surface area contributed by atoms with E-state index < -0.39 is 5.37 Å². The van der Waals surface area contributed by atoms with Crippen LogP contribution in [-0.4, -0.2) is 33.3 Å². The lowest BCUT2D eigenvalue weighted by Gasteiger charge is -2.13. The van der Waals surface area contributed by atoms with E-state index in [2.05, 4.69) is 43.8 Å². The van der Waals surface area contributed by atoms with Gasteiger partial charge in [0.15, 0.2) is 5.37 Å². The van der Waals surface area contributed by atoms with Crippen molar-refractivity contribution in [3.8, 4) is 0 Å². The van der Waals surface area contributed by atoms with Crippen molar-refractivity contribution in [3.05, 3.63) is 27.8 Å². The van der Waals surface area contributed by atoms with Crippen molar-refractivity contribution >= 4 is 67.1 Å². The Balaban J connectivity index is 2.05. The Morgan fingerprint density at radius 1 is 1.33 bits per heavy atom. The zero-order chi connectivity index (χ0) is 13.1. The average Bonchev–Trinajstić information content (AvgIpc) is 2.60. The summed E-state index contributed by atoms with van der Waals surface area (Å²) in [4.78, 5) is 24.9. The van der Waals surface area contributed by atoms with Gasteiger partial charge in [0.2, 0.25) is 0 Å². The van der Waals surface area contributed by atoms with E-state index in [1.807, 2.05) is 24.3 Å². The highest BCUT2D eigenvalue weighted by Gasteiger charge is 2.39. The van der Waals surface area contributed by atoms with Crippen molar-refractivity contribution in [1.82, 2.24) is 4.90 Å². The van der Waals surface area contributed by atoms with Gasteiger partial charge in [-0.3, -0.25) is 14.5 Å². The lowest BCUT2D eigenvalue weighted by Crippen LogP contribution is -2.35. The Morgan fingerprint density at radius 2 is 2.00 bits per heavy atom. The quantitative estimate of drug-likeness (QED) is 0.577. The molecule has 1 aromatic carbocycles. The molecule has 0 radical (unpaired) electrons. The van der Waals surface area contributed by atoms with Gasteiger partial charge in [-0.2, -0.15) is 0 Å². The first-order valence-electron chi connectivity index (χ1n) is 5.22. The summed E-state index contributed by atoms with van der Waals surface area (Å²) >= 11 is 6.47. The summed E-state index contributed by atoms with van der Waals surface area (Å²) in [5.74, 6) is -0.178. The van der Waals surface area contributed by atoms with Crippen molar-refractivity contribution < 1.29 is 9.59 Å². The van der Waals surface area contributed by atoms with Gasteiger partial charge in [-0.05, 0) is 58.6 Å². The second-order valence-corrected chi connectivity index (χ2v) is 6.69. The molecule has 4 nitrogen and oxygen atoms in total. The fourth-order valence-corrected chi connectivity index (χ4v) is 3.17. The van der Waals surface area contributed by atoms with Crippen molar-refractivity contribution in [1.29, 1.82) is 0 Å². The Hall–Kier alpha value is -0.280. The fraction of sp³-hybridized carbons (Fsp3) is 0.273. The van der Waals surface area contributed by atoms with E-state index in [1.54, 1.807) is 0 Å². The van der Waals surface area contributed by atoms with Gasteiger partial charge >= 0.3 is 0 Å². The first-order chi connectivity index (χ1) is 8.61. The van der Waals surface area contributed by atoms with E-state index >= 15 is 0 Å². The molecule has 0 bridgehead atoms. The zero-order valence-corrected chi connectivity index (χ0v) is 13.8. The van der Waals surface area contributed by atoms with E-state index in [4.69, 9.17) is 0 Å². The molecule has 1 aromatic rings. The summed E-state index contributed by atoms with van der Waals surface area (Å²) in [6.45, 7) is 0.412. The molecule has 0 spiro atoms. The number of imide groups is 1. The Labute approximate surface area is 131 Å². The number of carbonyl (C=O) groups is 2. The maximum atomic E-state index is 12.0. The fourth-order valence-electron chi connectivity index (χ4n) is 1.52. The third-order valence-electron chi connectivity index (χ3n) is 2.38. The van der Waals surface area contributed by atoms with Gasteiger partial charge in [-0.1, -0.05) is 15.9 Å². The second-order valence-electron chi connectivity index (χ2n) is 3.59. The van der Waals surface area contributed by atoms with Crippen LogP contribution in [0.5, 0.6) is 0 Å². The smallest absolute Gasteiger partial charge is 0.290 e. The summed E-state index contributed by atoms with van der Waals surface area (Å²) in [7, 11) is 0. The minimum atomic E-state index is -0.517. The van der Waals surface area contributed by atoms with Crippen LogP contribution in [0.4, 0.5) is 10.5 Å². The highest BCUT2D eigenvalue weighted by molar-refractivity contribution is 14.1. The monoisotopic (exact) mass is 440 g/mol. The first kappa shape index (κ1) is 14.1. The molecule has 7 heteroatoms. The molecular formula is C11H10BrIN2O2S. The molecule has 1 fully saturated rings. The van der Waals surface area contributed by atoms with Crippen LogP contribution in [0, 0.1) is 3.57 Å². The molecule has 1 atom stereocenters. The van der Waals surface area contributed by atoms with E-state index in [1.165, 1.54) is 4.90 Å². The maximum absolute atomic E-state index is 12.0. The predicted octanol–water partition coefficient (Wildman–Crippen LogP) is 3.12. The molecule has 1 unspecified atom stereocenters. The number of carbonyl (C=O) groups excluding carboxylic acids is 2.